The first-order valence-corrected chi connectivity index (χ1v) is 9.20. The van der Waals surface area contributed by atoms with Gasteiger partial charge in [0.25, 0.3) is 0 Å². The van der Waals surface area contributed by atoms with E-state index in [-0.39, 0.29) is 30.3 Å². The van der Waals surface area contributed by atoms with Gasteiger partial charge in [-0.3, -0.25) is 4.79 Å². The van der Waals surface area contributed by atoms with Crippen molar-refractivity contribution in [1.82, 2.24) is 4.98 Å². The van der Waals surface area contributed by atoms with E-state index in [9.17, 15) is 18.0 Å². The maximum atomic E-state index is 13.9. The Morgan fingerprint density at radius 3 is 2.50 bits per heavy atom. The van der Waals surface area contributed by atoms with Crippen molar-refractivity contribution in [2.45, 2.75) is 57.7 Å². The number of carbonyl (C=O) groups excluding carboxylic acids is 1. The van der Waals surface area contributed by atoms with Gasteiger partial charge >= 0.3 is 6.61 Å². The second-order valence-corrected chi connectivity index (χ2v) is 7.47. The first-order chi connectivity index (χ1) is 13.2. The third-order valence-electron chi connectivity index (χ3n) is 5.12. The molecular weight excluding hydrogens is 369 g/mol. The highest BCUT2D eigenvalue weighted by Crippen LogP contribution is 2.48. The molecule has 0 aliphatic heterocycles. The van der Waals surface area contributed by atoms with Gasteiger partial charge < -0.3 is 10.1 Å². The number of anilines is 1. The molecule has 4 nitrogen and oxygen atoms in total. The Hall–Kier alpha value is -2.57. The number of pyridine rings is 1. The molecule has 0 saturated heterocycles. The maximum Gasteiger partial charge on any atom is 0.388 e. The molecule has 0 spiro atoms. The van der Waals surface area contributed by atoms with Crippen LogP contribution in [0.1, 0.15) is 49.4 Å². The first kappa shape index (κ1) is 20.2. The van der Waals surface area contributed by atoms with E-state index in [4.69, 9.17) is 0 Å². The van der Waals surface area contributed by atoms with Crippen molar-refractivity contribution in [3.05, 3.63) is 53.2 Å². The zero-order chi connectivity index (χ0) is 20.5. The van der Waals surface area contributed by atoms with Gasteiger partial charge in [-0.25, -0.2) is 9.37 Å². The predicted molar refractivity (Wildman–Crippen MR) is 101 cm³/mol. The number of halogens is 3. The molecule has 1 heterocycles. The number of ether oxygens (including phenoxy) is 1. The van der Waals surface area contributed by atoms with E-state index in [2.05, 4.69) is 15.0 Å². The predicted octanol–water partition coefficient (Wildman–Crippen LogP) is 5.12. The second kappa shape index (κ2) is 7.81. The van der Waals surface area contributed by atoms with Crippen LogP contribution in [-0.4, -0.2) is 23.7 Å². The zero-order valence-electron chi connectivity index (χ0n) is 16.0. The van der Waals surface area contributed by atoms with Crippen molar-refractivity contribution in [2.75, 3.05) is 5.32 Å². The Labute approximate surface area is 162 Å². The Bertz CT molecular complexity index is 864. The minimum Gasteiger partial charge on any atom is -0.415 e. The summed E-state index contributed by atoms with van der Waals surface area (Å²) < 4.78 is 43.8. The van der Waals surface area contributed by atoms with Crippen molar-refractivity contribution in [1.29, 1.82) is 0 Å². The number of amides is 1. The maximum absolute atomic E-state index is 13.9. The summed E-state index contributed by atoms with van der Waals surface area (Å²) in [5.41, 5.74) is 1.21. The topological polar surface area (TPSA) is 51.2 Å². The van der Waals surface area contributed by atoms with Crippen molar-refractivity contribution in [3.8, 4) is 5.88 Å². The van der Waals surface area contributed by atoms with Crippen molar-refractivity contribution >= 4 is 11.6 Å². The molecule has 0 atom stereocenters. The number of hydrogen-bond acceptors (Lipinski definition) is 3. The summed E-state index contributed by atoms with van der Waals surface area (Å²) in [5.74, 6) is -0.649. The van der Waals surface area contributed by atoms with Crippen LogP contribution in [0.5, 0.6) is 5.88 Å². The fourth-order valence-electron chi connectivity index (χ4n) is 3.70. The normalized spacial score (nSPS) is 21.5. The highest BCUT2D eigenvalue weighted by atomic mass is 19.3. The standard InChI is InChI=1S/C21H23F3N2O2/c1-12(2)15-6-4-5-7-16(15)21(10-14(22)11-21)19(27)26-17-9-8-13(3)25-18(17)28-20(23)24/h4-9,12,14,20H,10-11H2,1-3H3,(H,26,27). The van der Waals surface area contributed by atoms with E-state index in [0.717, 1.165) is 11.1 Å². The first-order valence-electron chi connectivity index (χ1n) is 9.20. The summed E-state index contributed by atoms with van der Waals surface area (Å²) in [4.78, 5) is 17.1. The molecule has 1 aliphatic carbocycles. The van der Waals surface area contributed by atoms with Crippen LogP contribution in [0.25, 0.3) is 0 Å². The van der Waals surface area contributed by atoms with Crippen LogP contribution in [0.3, 0.4) is 0 Å². The SMILES string of the molecule is Cc1ccc(NC(=O)C2(c3ccccc3C(C)C)CC(F)C2)c(OC(F)F)n1. The fourth-order valence-corrected chi connectivity index (χ4v) is 3.70. The van der Waals surface area contributed by atoms with Crippen LogP contribution in [0.2, 0.25) is 0 Å². The molecule has 0 bridgehead atoms. The molecule has 1 fully saturated rings. The average Bonchev–Trinajstić information content (AvgIpc) is 2.60. The molecule has 1 aliphatic rings. The molecule has 1 aromatic carbocycles. The third-order valence-corrected chi connectivity index (χ3v) is 5.12. The number of alkyl halides is 3. The number of nitrogens with one attached hydrogen (secondary N) is 1. The molecule has 0 radical (unpaired) electrons. The molecule has 2 aromatic rings. The van der Waals surface area contributed by atoms with Gasteiger partial charge in [0.15, 0.2) is 0 Å². The van der Waals surface area contributed by atoms with E-state index in [1.54, 1.807) is 13.0 Å². The monoisotopic (exact) mass is 392 g/mol. The van der Waals surface area contributed by atoms with Gasteiger partial charge in [-0.15, -0.1) is 0 Å². The molecule has 150 valence electrons. The highest BCUT2D eigenvalue weighted by molar-refractivity contribution is 6.01. The zero-order valence-corrected chi connectivity index (χ0v) is 16.0. The van der Waals surface area contributed by atoms with Crippen LogP contribution >= 0.6 is 0 Å². The smallest absolute Gasteiger partial charge is 0.388 e. The highest BCUT2D eigenvalue weighted by Gasteiger charge is 2.53. The molecular formula is C21H23F3N2O2. The number of carbonyl (C=O) groups is 1. The molecule has 0 unspecified atom stereocenters. The lowest BCUT2D eigenvalue weighted by atomic mass is 9.61. The summed E-state index contributed by atoms with van der Waals surface area (Å²) in [5, 5.41) is 2.64. The van der Waals surface area contributed by atoms with Crippen LogP contribution in [0, 0.1) is 6.92 Å². The van der Waals surface area contributed by atoms with Gasteiger partial charge in [0, 0.05) is 5.69 Å². The van der Waals surface area contributed by atoms with Gasteiger partial charge in [-0.05, 0) is 48.9 Å². The minimum absolute atomic E-state index is 0.0413. The largest absolute Gasteiger partial charge is 0.415 e. The Kier molecular flexibility index (Phi) is 5.63. The van der Waals surface area contributed by atoms with Crippen LogP contribution < -0.4 is 10.1 Å². The number of benzene rings is 1. The van der Waals surface area contributed by atoms with Gasteiger partial charge in [0.1, 0.15) is 11.9 Å². The van der Waals surface area contributed by atoms with Crippen LogP contribution in [0.4, 0.5) is 18.9 Å². The van der Waals surface area contributed by atoms with Crippen LogP contribution in [-0.2, 0) is 10.2 Å². The fraction of sp³-hybridized carbons (Fsp3) is 0.429. The Morgan fingerprint density at radius 2 is 1.89 bits per heavy atom. The molecule has 1 saturated carbocycles. The molecule has 1 N–H and O–H groups in total. The van der Waals surface area contributed by atoms with Gasteiger partial charge in [0.05, 0.1) is 5.41 Å². The lowest BCUT2D eigenvalue weighted by Crippen LogP contribution is -2.52. The lowest BCUT2D eigenvalue weighted by molar-refractivity contribution is -0.127. The minimum atomic E-state index is -3.07. The van der Waals surface area contributed by atoms with E-state index < -0.39 is 24.1 Å². The van der Waals surface area contributed by atoms with Crippen molar-refractivity contribution < 1.29 is 22.7 Å². The Morgan fingerprint density at radius 1 is 1.21 bits per heavy atom. The van der Waals surface area contributed by atoms with E-state index >= 15 is 0 Å². The molecule has 28 heavy (non-hydrogen) atoms. The number of rotatable bonds is 6. The van der Waals surface area contributed by atoms with Crippen molar-refractivity contribution in [3.63, 3.8) is 0 Å². The van der Waals surface area contributed by atoms with Gasteiger partial charge in [-0.1, -0.05) is 38.1 Å². The van der Waals surface area contributed by atoms with E-state index in [0.29, 0.717) is 5.69 Å². The third kappa shape index (κ3) is 3.84. The summed E-state index contributed by atoms with van der Waals surface area (Å²) in [7, 11) is 0. The summed E-state index contributed by atoms with van der Waals surface area (Å²) in [6, 6.07) is 10.5. The van der Waals surface area contributed by atoms with E-state index in [1.165, 1.54) is 6.07 Å². The summed E-state index contributed by atoms with van der Waals surface area (Å²) >= 11 is 0. The number of aromatic nitrogens is 1. The van der Waals surface area contributed by atoms with E-state index in [1.807, 2.05) is 38.1 Å². The quantitative estimate of drug-likeness (QED) is 0.742. The molecule has 3 rings (SSSR count). The average molecular weight is 392 g/mol. The van der Waals surface area contributed by atoms with Crippen molar-refractivity contribution in [2.24, 2.45) is 0 Å². The summed E-state index contributed by atoms with van der Waals surface area (Å²) in [6.45, 7) is 2.58. The lowest BCUT2D eigenvalue weighted by Gasteiger charge is -2.44. The van der Waals surface area contributed by atoms with Gasteiger partial charge in [0.2, 0.25) is 11.8 Å². The second-order valence-electron chi connectivity index (χ2n) is 7.47. The van der Waals surface area contributed by atoms with Crippen LogP contribution in [0.15, 0.2) is 36.4 Å². The molecule has 7 heteroatoms. The number of aryl methyl sites for hydroxylation is 1. The summed E-state index contributed by atoms with van der Waals surface area (Å²) in [6.07, 6.45) is -0.987. The number of hydrogen-bond donors (Lipinski definition) is 1. The molecule has 1 amide bonds. The molecule has 1 aromatic heterocycles. The van der Waals surface area contributed by atoms with Gasteiger partial charge in [-0.2, -0.15) is 8.78 Å². The Balaban J connectivity index is 1.96. The number of nitrogens with zero attached hydrogens (tertiary/aromatic N) is 1.